The lowest BCUT2D eigenvalue weighted by Gasteiger charge is -2.35. The number of nitrogens with two attached hydrogens (primary N) is 1. The van der Waals surface area contributed by atoms with E-state index in [1.54, 1.807) is 0 Å². The maximum atomic E-state index is 12.4. The molecule has 0 aliphatic heterocycles. The Morgan fingerprint density at radius 1 is 1.26 bits per heavy atom. The molecule has 0 unspecified atom stereocenters. The second-order valence-electron chi connectivity index (χ2n) is 6.33. The number of hydrogen-bond acceptors (Lipinski definition) is 3. The molecule has 23 heavy (non-hydrogen) atoms. The summed E-state index contributed by atoms with van der Waals surface area (Å²) in [4.78, 5) is 12.4. The van der Waals surface area contributed by atoms with Gasteiger partial charge in [0.05, 0.1) is 12.3 Å². The van der Waals surface area contributed by atoms with E-state index in [1.165, 1.54) is 19.3 Å². The minimum atomic E-state index is -0.0123. The number of carbonyl (C=O) groups excluding carboxylic acids is 1. The highest BCUT2D eigenvalue weighted by Gasteiger charge is 2.33. The normalized spacial score (nSPS) is 16.3. The van der Waals surface area contributed by atoms with Gasteiger partial charge in [-0.1, -0.05) is 38.3 Å². The lowest BCUT2D eigenvalue weighted by Crippen LogP contribution is -2.36. The number of amides is 1. The van der Waals surface area contributed by atoms with Crippen molar-refractivity contribution in [3.8, 4) is 5.75 Å². The van der Waals surface area contributed by atoms with Crippen molar-refractivity contribution in [2.45, 2.75) is 51.9 Å². The van der Waals surface area contributed by atoms with E-state index in [-0.39, 0.29) is 23.7 Å². The maximum absolute atomic E-state index is 12.4. The zero-order valence-corrected chi connectivity index (χ0v) is 14.8. The van der Waals surface area contributed by atoms with Gasteiger partial charge >= 0.3 is 0 Å². The number of ether oxygens (including phenoxy) is 1. The van der Waals surface area contributed by atoms with Gasteiger partial charge in [0, 0.05) is 6.42 Å². The van der Waals surface area contributed by atoms with Gasteiger partial charge in [-0.05, 0) is 43.4 Å². The third kappa shape index (κ3) is 5.70. The zero-order chi connectivity index (χ0) is 15.8. The number of nitrogens with one attached hydrogen (secondary N) is 1. The molecule has 130 valence electrons. The van der Waals surface area contributed by atoms with Crippen LogP contribution in [0.1, 0.15) is 51.9 Å². The molecule has 0 bridgehead atoms. The number of hydrogen-bond donors (Lipinski definition) is 2. The Hall–Kier alpha value is -1.26. The lowest BCUT2D eigenvalue weighted by atomic mass is 9.71. The van der Waals surface area contributed by atoms with Gasteiger partial charge in [0.1, 0.15) is 5.75 Å². The molecule has 1 saturated carbocycles. The Balaban J connectivity index is 0.00000264. The monoisotopic (exact) mass is 340 g/mol. The molecule has 1 aromatic carbocycles. The number of carbonyl (C=O) groups is 1. The second kappa shape index (κ2) is 9.78. The third-order valence-corrected chi connectivity index (χ3v) is 4.51. The molecule has 0 radical (unpaired) electrons. The van der Waals surface area contributed by atoms with Gasteiger partial charge in [-0.15, -0.1) is 12.4 Å². The molecule has 0 aromatic heterocycles. The highest BCUT2D eigenvalue weighted by atomic mass is 35.5. The van der Waals surface area contributed by atoms with Crippen LogP contribution >= 0.6 is 12.4 Å². The summed E-state index contributed by atoms with van der Waals surface area (Å²) in [6, 6.07) is 7.61. The third-order valence-electron chi connectivity index (χ3n) is 4.51. The standard InChI is InChI=1S/C18H28N2O2.ClH/c1-2-12-22-16-9-5-4-8-15(16)20-17(21)13-18(14-19)10-6-3-7-11-18;/h4-5,8-9H,2-3,6-7,10-14,19H2,1H3,(H,20,21);1H. The molecule has 1 fully saturated rings. The van der Waals surface area contributed by atoms with Crippen LogP contribution in [-0.2, 0) is 4.79 Å². The van der Waals surface area contributed by atoms with Crippen molar-refractivity contribution >= 4 is 24.0 Å². The lowest BCUT2D eigenvalue weighted by molar-refractivity contribution is -0.118. The van der Waals surface area contributed by atoms with Gasteiger partial charge in [-0.2, -0.15) is 0 Å². The number of anilines is 1. The molecule has 0 atom stereocenters. The number of rotatable bonds is 7. The van der Waals surface area contributed by atoms with Gasteiger partial charge in [-0.25, -0.2) is 0 Å². The van der Waals surface area contributed by atoms with E-state index in [0.29, 0.717) is 19.6 Å². The predicted molar refractivity (Wildman–Crippen MR) is 97.3 cm³/mol. The highest BCUT2D eigenvalue weighted by Crippen LogP contribution is 2.38. The summed E-state index contributed by atoms with van der Waals surface area (Å²) < 4.78 is 5.69. The predicted octanol–water partition coefficient (Wildman–Crippen LogP) is 4.14. The van der Waals surface area contributed by atoms with Crippen LogP contribution in [0.5, 0.6) is 5.75 Å². The molecule has 0 spiro atoms. The van der Waals surface area contributed by atoms with Crippen molar-refractivity contribution < 1.29 is 9.53 Å². The smallest absolute Gasteiger partial charge is 0.225 e. The van der Waals surface area contributed by atoms with E-state index in [4.69, 9.17) is 10.5 Å². The fourth-order valence-electron chi connectivity index (χ4n) is 3.20. The topological polar surface area (TPSA) is 64.3 Å². The van der Waals surface area contributed by atoms with Crippen LogP contribution in [0.25, 0.3) is 0 Å². The largest absolute Gasteiger partial charge is 0.491 e. The molecular weight excluding hydrogens is 312 g/mol. The van der Waals surface area contributed by atoms with Crippen LogP contribution in [0.15, 0.2) is 24.3 Å². The number of para-hydroxylation sites is 2. The molecule has 1 amide bonds. The summed E-state index contributed by atoms with van der Waals surface area (Å²) in [6.07, 6.45) is 7.19. The molecule has 4 nitrogen and oxygen atoms in total. The molecule has 1 aliphatic carbocycles. The van der Waals surface area contributed by atoms with Gasteiger partial charge in [0.2, 0.25) is 5.91 Å². The Morgan fingerprint density at radius 2 is 1.96 bits per heavy atom. The first kappa shape index (κ1) is 19.8. The first-order valence-electron chi connectivity index (χ1n) is 8.41. The highest BCUT2D eigenvalue weighted by molar-refractivity contribution is 5.92. The van der Waals surface area contributed by atoms with Crippen LogP contribution in [0.2, 0.25) is 0 Å². The van der Waals surface area contributed by atoms with Crippen molar-refractivity contribution in [3.05, 3.63) is 24.3 Å². The summed E-state index contributed by atoms with van der Waals surface area (Å²) in [5, 5.41) is 3.01. The van der Waals surface area contributed by atoms with Crippen molar-refractivity contribution in [3.63, 3.8) is 0 Å². The van der Waals surface area contributed by atoms with Crippen LogP contribution < -0.4 is 15.8 Å². The van der Waals surface area contributed by atoms with Crippen LogP contribution in [-0.4, -0.2) is 19.1 Å². The SMILES string of the molecule is CCCOc1ccccc1NC(=O)CC1(CN)CCCCC1.Cl. The Bertz CT molecular complexity index is 488. The first-order valence-corrected chi connectivity index (χ1v) is 8.41. The number of benzene rings is 1. The zero-order valence-electron chi connectivity index (χ0n) is 14.0. The molecule has 1 aliphatic rings. The van der Waals surface area contributed by atoms with Crippen LogP contribution in [0.4, 0.5) is 5.69 Å². The molecule has 0 saturated heterocycles. The van der Waals surface area contributed by atoms with E-state index in [9.17, 15) is 4.79 Å². The second-order valence-corrected chi connectivity index (χ2v) is 6.33. The summed E-state index contributed by atoms with van der Waals surface area (Å²) in [7, 11) is 0. The summed E-state index contributed by atoms with van der Waals surface area (Å²) in [6.45, 7) is 3.31. The van der Waals surface area contributed by atoms with Gasteiger partial charge in [0.15, 0.2) is 0 Å². The molecule has 2 rings (SSSR count). The number of halogens is 1. The van der Waals surface area contributed by atoms with Crippen molar-refractivity contribution in [1.29, 1.82) is 0 Å². The van der Waals surface area contributed by atoms with E-state index in [2.05, 4.69) is 12.2 Å². The Kier molecular flexibility index (Phi) is 8.42. The molecule has 3 N–H and O–H groups in total. The van der Waals surface area contributed by atoms with Crippen molar-refractivity contribution in [2.75, 3.05) is 18.5 Å². The summed E-state index contributed by atoms with van der Waals surface area (Å²) >= 11 is 0. The fraction of sp³-hybridized carbons (Fsp3) is 0.611. The van der Waals surface area contributed by atoms with Crippen molar-refractivity contribution in [2.24, 2.45) is 11.1 Å². The average Bonchev–Trinajstić information content (AvgIpc) is 2.55. The van der Waals surface area contributed by atoms with Crippen molar-refractivity contribution in [1.82, 2.24) is 0 Å². The Labute approximate surface area is 145 Å². The molecule has 0 heterocycles. The van der Waals surface area contributed by atoms with Crippen LogP contribution in [0, 0.1) is 5.41 Å². The first-order chi connectivity index (χ1) is 10.7. The summed E-state index contributed by atoms with van der Waals surface area (Å²) in [5.74, 6) is 0.781. The van der Waals surface area contributed by atoms with Crippen LogP contribution in [0.3, 0.4) is 0 Å². The quantitative estimate of drug-likeness (QED) is 0.784. The fourth-order valence-corrected chi connectivity index (χ4v) is 3.20. The van der Waals surface area contributed by atoms with E-state index in [0.717, 1.165) is 30.7 Å². The minimum absolute atomic E-state index is 0. The van der Waals surface area contributed by atoms with E-state index in [1.807, 2.05) is 24.3 Å². The van der Waals surface area contributed by atoms with Gasteiger partial charge < -0.3 is 15.8 Å². The summed E-state index contributed by atoms with van der Waals surface area (Å²) in [5.41, 5.74) is 6.71. The minimum Gasteiger partial charge on any atom is -0.491 e. The van der Waals surface area contributed by atoms with Gasteiger partial charge in [-0.3, -0.25) is 4.79 Å². The van der Waals surface area contributed by atoms with Gasteiger partial charge in [0.25, 0.3) is 0 Å². The average molecular weight is 341 g/mol. The Morgan fingerprint density at radius 3 is 2.61 bits per heavy atom. The van der Waals surface area contributed by atoms with E-state index >= 15 is 0 Å². The molecular formula is C18H29ClN2O2. The molecule has 1 aromatic rings. The maximum Gasteiger partial charge on any atom is 0.225 e. The molecule has 5 heteroatoms. The van der Waals surface area contributed by atoms with E-state index < -0.39 is 0 Å².